The van der Waals surface area contributed by atoms with Crippen LogP contribution in [0.1, 0.15) is 33.1 Å². The summed E-state index contributed by atoms with van der Waals surface area (Å²) in [5, 5.41) is 8.89. The average Bonchev–Trinajstić information content (AvgIpc) is 2.45. The third kappa shape index (κ3) is 4.40. The van der Waals surface area contributed by atoms with Crippen LogP contribution in [0.2, 0.25) is 0 Å². The minimum Gasteiger partial charge on any atom is -0.481 e. The highest BCUT2D eigenvalue weighted by molar-refractivity contribution is 7.99. The zero-order valence-corrected chi connectivity index (χ0v) is 13.7. The lowest BCUT2D eigenvalue weighted by Gasteiger charge is -2.46. The van der Waals surface area contributed by atoms with Crippen LogP contribution in [0.5, 0.6) is 0 Å². The van der Waals surface area contributed by atoms with Crippen LogP contribution in [0.4, 0.5) is 5.69 Å². The van der Waals surface area contributed by atoms with Crippen LogP contribution >= 0.6 is 11.8 Å². The van der Waals surface area contributed by atoms with E-state index >= 15 is 0 Å². The minimum atomic E-state index is -0.708. The Morgan fingerprint density at radius 2 is 2.10 bits per heavy atom. The van der Waals surface area contributed by atoms with Gasteiger partial charge in [0.05, 0.1) is 0 Å². The molecule has 0 bridgehead atoms. The van der Waals surface area contributed by atoms with Crippen molar-refractivity contribution in [2.24, 2.45) is 5.41 Å². The van der Waals surface area contributed by atoms with Gasteiger partial charge >= 0.3 is 5.97 Å². The van der Waals surface area contributed by atoms with Gasteiger partial charge in [0.25, 0.3) is 0 Å². The number of thioether (sulfide) groups is 1. The van der Waals surface area contributed by atoms with Gasteiger partial charge in [0.2, 0.25) is 0 Å². The summed E-state index contributed by atoms with van der Waals surface area (Å²) in [5.74, 6) is 1.64. The van der Waals surface area contributed by atoms with Gasteiger partial charge in [-0.05, 0) is 36.1 Å². The summed E-state index contributed by atoms with van der Waals surface area (Å²) in [5.41, 5.74) is 1.48. The van der Waals surface area contributed by atoms with Crippen molar-refractivity contribution < 1.29 is 9.90 Å². The van der Waals surface area contributed by atoms with Gasteiger partial charge in [-0.25, -0.2) is 0 Å². The molecule has 0 saturated carbocycles. The molecule has 1 aromatic rings. The molecule has 0 radical (unpaired) electrons. The van der Waals surface area contributed by atoms with Gasteiger partial charge in [0.1, 0.15) is 0 Å². The zero-order valence-electron chi connectivity index (χ0n) is 12.9. The van der Waals surface area contributed by atoms with E-state index in [1.54, 1.807) is 0 Å². The molecule has 0 spiro atoms. The molecule has 1 aliphatic heterocycles. The second-order valence-electron chi connectivity index (χ2n) is 6.36. The normalized spacial score (nSPS) is 21.0. The smallest absolute Gasteiger partial charge is 0.303 e. The van der Waals surface area contributed by atoms with Crippen molar-refractivity contribution in [1.82, 2.24) is 0 Å². The molecule has 21 heavy (non-hydrogen) atoms. The number of hydrogen-bond donors (Lipinski definition) is 1. The van der Waals surface area contributed by atoms with E-state index in [4.69, 9.17) is 5.11 Å². The monoisotopic (exact) mass is 307 g/mol. The zero-order chi connectivity index (χ0) is 15.3. The van der Waals surface area contributed by atoms with Gasteiger partial charge in [-0.15, -0.1) is 0 Å². The van der Waals surface area contributed by atoms with Crippen LogP contribution in [0.25, 0.3) is 0 Å². The fourth-order valence-corrected chi connectivity index (χ4v) is 4.61. The van der Waals surface area contributed by atoms with Crippen LogP contribution in [-0.2, 0) is 4.79 Å². The number of carboxylic acids is 1. The van der Waals surface area contributed by atoms with Crippen molar-refractivity contribution in [3.05, 3.63) is 30.3 Å². The van der Waals surface area contributed by atoms with Crippen LogP contribution in [-0.4, -0.2) is 35.2 Å². The lowest BCUT2D eigenvalue weighted by atomic mass is 9.81. The summed E-state index contributed by atoms with van der Waals surface area (Å²) < 4.78 is 0. The first-order valence-corrected chi connectivity index (χ1v) is 8.77. The largest absolute Gasteiger partial charge is 0.481 e. The molecule has 1 heterocycles. The van der Waals surface area contributed by atoms with Crippen LogP contribution in [0, 0.1) is 5.41 Å². The average molecular weight is 307 g/mol. The van der Waals surface area contributed by atoms with E-state index in [1.165, 1.54) is 17.9 Å². The van der Waals surface area contributed by atoms with E-state index in [-0.39, 0.29) is 11.8 Å². The highest BCUT2D eigenvalue weighted by atomic mass is 32.2. The number of nitrogens with zero attached hydrogens (tertiary/aromatic N) is 1. The molecule has 4 heteroatoms. The van der Waals surface area contributed by atoms with E-state index in [2.05, 4.69) is 43.0 Å². The molecule has 1 unspecified atom stereocenters. The van der Waals surface area contributed by atoms with Gasteiger partial charge in [-0.1, -0.05) is 32.0 Å². The maximum atomic E-state index is 10.8. The third-order valence-electron chi connectivity index (χ3n) is 4.32. The maximum absolute atomic E-state index is 10.8. The predicted octanol–water partition coefficient (Wildman–Crippen LogP) is 3.89. The molecular formula is C17H25NO2S. The highest BCUT2D eigenvalue weighted by Gasteiger charge is 2.36. The Morgan fingerprint density at radius 1 is 1.38 bits per heavy atom. The Morgan fingerprint density at radius 3 is 2.71 bits per heavy atom. The fraction of sp³-hybridized carbons (Fsp3) is 0.588. The first-order valence-electron chi connectivity index (χ1n) is 7.62. The number of carboxylic acid groups (broad SMARTS) is 1. The Kier molecular flexibility index (Phi) is 5.57. The second kappa shape index (κ2) is 7.21. The van der Waals surface area contributed by atoms with Crippen LogP contribution in [0.15, 0.2) is 30.3 Å². The molecule has 1 fully saturated rings. The maximum Gasteiger partial charge on any atom is 0.303 e. The van der Waals surface area contributed by atoms with Crippen LogP contribution < -0.4 is 4.90 Å². The molecule has 1 aliphatic rings. The van der Waals surface area contributed by atoms with Crippen molar-refractivity contribution in [3.8, 4) is 0 Å². The van der Waals surface area contributed by atoms with Gasteiger partial charge in [0, 0.05) is 30.4 Å². The molecule has 0 aliphatic carbocycles. The van der Waals surface area contributed by atoms with Crippen molar-refractivity contribution in [2.75, 3.05) is 23.0 Å². The summed E-state index contributed by atoms with van der Waals surface area (Å²) in [6.45, 7) is 5.49. The summed E-state index contributed by atoms with van der Waals surface area (Å²) in [6.07, 6.45) is 2.15. The quantitative estimate of drug-likeness (QED) is 0.865. The number of carbonyl (C=O) groups is 1. The number of rotatable bonds is 6. The van der Waals surface area contributed by atoms with E-state index < -0.39 is 5.97 Å². The molecule has 1 atom stereocenters. The molecule has 0 amide bonds. The summed E-state index contributed by atoms with van der Waals surface area (Å²) >= 11 is 2.01. The molecule has 1 aromatic carbocycles. The lowest BCUT2D eigenvalue weighted by Crippen LogP contribution is -2.50. The van der Waals surface area contributed by atoms with E-state index in [9.17, 15) is 4.79 Å². The third-order valence-corrected chi connectivity index (χ3v) is 5.37. The van der Waals surface area contributed by atoms with Gasteiger partial charge in [-0.3, -0.25) is 4.79 Å². The Labute approximate surface area is 131 Å². The topological polar surface area (TPSA) is 40.5 Å². The standard InChI is InChI=1S/C17H25NO2S/c1-17(2)10-12-21-13-15(17)18(11-6-9-16(19)20)14-7-4-3-5-8-14/h3-5,7-8,15H,6,9-13H2,1-2H3,(H,19,20). The van der Waals surface area contributed by atoms with Crippen molar-refractivity contribution >= 4 is 23.4 Å². The molecule has 2 rings (SSSR count). The SMILES string of the molecule is CC1(C)CCSCC1N(CCCC(=O)O)c1ccccc1. The second-order valence-corrected chi connectivity index (χ2v) is 7.51. The molecule has 1 N–H and O–H groups in total. The first-order chi connectivity index (χ1) is 10.0. The van der Waals surface area contributed by atoms with E-state index in [0.29, 0.717) is 12.5 Å². The first kappa shape index (κ1) is 16.2. The van der Waals surface area contributed by atoms with Gasteiger partial charge in [-0.2, -0.15) is 11.8 Å². The molecule has 3 nitrogen and oxygen atoms in total. The Bertz CT molecular complexity index is 461. The number of aliphatic carboxylic acids is 1. The molecule has 116 valence electrons. The molecular weight excluding hydrogens is 282 g/mol. The molecule has 0 aromatic heterocycles. The number of anilines is 1. The molecule has 1 saturated heterocycles. The van der Waals surface area contributed by atoms with Gasteiger partial charge in [0.15, 0.2) is 0 Å². The van der Waals surface area contributed by atoms with Gasteiger partial charge < -0.3 is 10.0 Å². The van der Waals surface area contributed by atoms with Crippen molar-refractivity contribution in [1.29, 1.82) is 0 Å². The van der Waals surface area contributed by atoms with Crippen LogP contribution in [0.3, 0.4) is 0 Å². The summed E-state index contributed by atoms with van der Waals surface area (Å²) in [4.78, 5) is 13.2. The summed E-state index contributed by atoms with van der Waals surface area (Å²) in [6, 6.07) is 10.9. The van der Waals surface area contributed by atoms with E-state index in [0.717, 1.165) is 12.3 Å². The minimum absolute atomic E-state index is 0.240. The lowest BCUT2D eigenvalue weighted by molar-refractivity contribution is -0.137. The fourth-order valence-electron chi connectivity index (χ4n) is 2.92. The number of benzene rings is 1. The Balaban J connectivity index is 2.16. The van der Waals surface area contributed by atoms with Crippen molar-refractivity contribution in [2.45, 2.75) is 39.2 Å². The van der Waals surface area contributed by atoms with E-state index in [1.807, 2.05) is 17.8 Å². The number of hydrogen-bond acceptors (Lipinski definition) is 3. The van der Waals surface area contributed by atoms with Crippen molar-refractivity contribution in [3.63, 3.8) is 0 Å². The Hall–Kier alpha value is -1.16. The number of para-hydroxylation sites is 1. The highest BCUT2D eigenvalue weighted by Crippen LogP contribution is 2.39. The summed E-state index contributed by atoms with van der Waals surface area (Å²) in [7, 11) is 0. The predicted molar refractivity (Wildman–Crippen MR) is 90.2 cm³/mol.